The van der Waals surface area contributed by atoms with Crippen LogP contribution < -0.4 is 5.56 Å². The summed E-state index contributed by atoms with van der Waals surface area (Å²) in [7, 11) is 0. The predicted octanol–water partition coefficient (Wildman–Crippen LogP) is 4.22. The third-order valence-corrected chi connectivity index (χ3v) is 4.32. The Kier molecular flexibility index (Phi) is 3.99. The van der Waals surface area contributed by atoms with Crippen molar-refractivity contribution in [1.29, 1.82) is 5.26 Å². The van der Waals surface area contributed by atoms with E-state index >= 15 is 0 Å². The molecule has 3 rings (SSSR count). The molecular weight excluding hydrogens is 296 g/mol. The molecule has 0 radical (unpaired) electrons. The molecule has 0 atom stereocenters. The fourth-order valence-electron chi connectivity index (χ4n) is 2.83. The van der Waals surface area contributed by atoms with E-state index in [0.717, 1.165) is 10.9 Å². The van der Waals surface area contributed by atoms with Gasteiger partial charge in [0.25, 0.3) is 5.56 Å². The average Bonchev–Trinajstić information content (AvgIpc) is 2.56. The van der Waals surface area contributed by atoms with Crippen LogP contribution in [0.15, 0.2) is 59.5 Å². The summed E-state index contributed by atoms with van der Waals surface area (Å²) in [5.74, 6) is 0. The second-order valence-corrected chi connectivity index (χ2v) is 7.07. The minimum absolute atomic E-state index is 0.0271. The van der Waals surface area contributed by atoms with Crippen LogP contribution in [0.25, 0.3) is 10.8 Å². The standard InChI is InChI=1S/C21H20N2O/c1-21(2,3)18-8-9-19-15(12-18)10-11-23(20(19)24)14-17-7-5-4-6-16(17)13-22/h4-12H,14H2,1-3H3. The zero-order valence-electron chi connectivity index (χ0n) is 14.2. The van der Waals surface area contributed by atoms with Crippen molar-refractivity contribution in [2.24, 2.45) is 0 Å². The van der Waals surface area contributed by atoms with Gasteiger partial charge in [0, 0.05) is 11.6 Å². The van der Waals surface area contributed by atoms with Gasteiger partial charge in [0.2, 0.25) is 0 Å². The molecule has 0 aliphatic carbocycles. The van der Waals surface area contributed by atoms with E-state index < -0.39 is 0 Å². The van der Waals surface area contributed by atoms with Gasteiger partial charge in [-0.15, -0.1) is 0 Å². The molecule has 24 heavy (non-hydrogen) atoms. The highest BCUT2D eigenvalue weighted by atomic mass is 16.1. The van der Waals surface area contributed by atoms with Crippen LogP contribution in [0, 0.1) is 11.3 Å². The van der Waals surface area contributed by atoms with Gasteiger partial charge in [-0.2, -0.15) is 5.26 Å². The Morgan fingerprint density at radius 2 is 1.83 bits per heavy atom. The smallest absolute Gasteiger partial charge is 0.258 e. The van der Waals surface area contributed by atoms with Gasteiger partial charge in [-0.3, -0.25) is 4.79 Å². The highest BCUT2D eigenvalue weighted by Crippen LogP contribution is 2.25. The fourth-order valence-corrected chi connectivity index (χ4v) is 2.83. The number of pyridine rings is 1. The third kappa shape index (κ3) is 2.96. The minimum Gasteiger partial charge on any atom is -0.311 e. The van der Waals surface area contributed by atoms with Crippen LogP contribution in [-0.2, 0) is 12.0 Å². The first-order valence-electron chi connectivity index (χ1n) is 8.02. The second kappa shape index (κ2) is 5.98. The first-order valence-corrected chi connectivity index (χ1v) is 8.02. The van der Waals surface area contributed by atoms with Crippen molar-refractivity contribution in [3.05, 3.63) is 81.8 Å². The molecule has 3 aromatic rings. The molecule has 3 heteroatoms. The van der Waals surface area contributed by atoms with E-state index in [0.29, 0.717) is 17.5 Å². The van der Waals surface area contributed by atoms with Crippen LogP contribution in [0.5, 0.6) is 0 Å². The Balaban J connectivity index is 2.07. The molecule has 0 saturated carbocycles. The number of hydrogen-bond donors (Lipinski definition) is 0. The Bertz CT molecular complexity index is 1000. The molecule has 0 bridgehead atoms. The van der Waals surface area contributed by atoms with Crippen LogP contribution in [0.3, 0.4) is 0 Å². The van der Waals surface area contributed by atoms with Crippen molar-refractivity contribution in [3.63, 3.8) is 0 Å². The summed E-state index contributed by atoms with van der Waals surface area (Å²) < 4.78 is 1.66. The molecule has 0 saturated heterocycles. The molecule has 1 heterocycles. The van der Waals surface area contributed by atoms with Crippen LogP contribution >= 0.6 is 0 Å². The summed E-state index contributed by atoms with van der Waals surface area (Å²) in [6.45, 7) is 6.89. The third-order valence-electron chi connectivity index (χ3n) is 4.32. The number of hydrogen-bond acceptors (Lipinski definition) is 2. The lowest BCUT2D eigenvalue weighted by Gasteiger charge is -2.19. The number of nitriles is 1. The van der Waals surface area contributed by atoms with Crippen molar-refractivity contribution in [3.8, 4) is 6.07 Å². The first-order chi connectivity index (χ1) is 11.4. The van der Waals surface area contributed by atoms with Crippen LogP contribution in [0.2, 0.25) is 0 Å². The molecule has 0 N–H and O–H groups in total. The lowest BCUT2D eigenvalue weighted by Crippen LogP contribution is -2.21. The highest BCUT2D eigenvalue weighted by Gasteiger charge is 2.14. The summed E-state index contributed by atoms with van der Waals surface area (Å²) in [5.41, 5.74) is 2.69. The van der Waals surface area contributed by atoms with Crippen molar-refractivity contribution >= 4 is 10.8 Å². The van der Waals surface area contributed by atoms with Gasteiger partial charge < -0.3 is 4.57 Å². The van der Waals surface area contributed by atoms with E-state index in [9.17, 15) is 10.1 Å². The highest BCUT2D eigenvalue weighted by molar-refractivity contribution is 5.82. The molecule has 1 aromatic heterocycles. The zero-order chi connectivity index (χ0) is 17.3. The maximum atomic E-state index is 12.8. The maximum Gasteiger partial charge on any atom is 0.258 e. The van der Waals surface area contributed by atoms with Crippen molar-refractivity contribution in [2.45, 2.75) is 32.7 Å². The summed E-state index contributed by atoms with van der Waals surface area (Å²) in [6.07, 6.45) is 1.81. The second-order valence-electron chi connectivity index (χ2n) is 7.07. The summed E-state index contributed by atoms with van der Waals surface area (Å²) in [4.78, 5) is 12.8. The van der Waals surface area contributed by atoms with Gasteiger partial charge in [-0.1, -0.05) is 51.1 Å². The number of aromatic nitrogens is 1. The van der Waals surface area contributed by atoms with Crippen molar-refractivity contribution in [1.82, 2.24) is 4.57 Å². The number of nitrogens with zero attached hydrogens (tertiary/aromatic N) is 2. The first kappa shape index (κ1) is 16.0. The monoisotopic (exact) mass is 316 g/mol. The van der Waals surface area contributed by atoms with Crippen molar-refractivity contribution in [2.75, 3.05) is 0 Å². The van der Waals surface area contributed by atoms with E-state index in [1.165, 1.54) is 5.56 Å². The maximum absolute atomic E-state index is 12.8. The normalized spacial score (nSPS) is 11.4. The largest absolute Gasteiger partial charge is 0.311 e. The lowest BCUT2D eigenvalue weighted by atomic mass is 9.86. The summed E-state index contributed by atoms with van der Waals surface area (Å²) in [5, 5.41) is 10.9. The predicted molar refractivity (Wildman–Crippen MR) is 97.2 cm³/mol. The van der Waals surface area contributed by atoms with E-state index in [1.807, 2.05) is 42.6 Å². The Hall–Kier alpha value is -2.86. The number of benzene rings is 2. The SMILES string of the molecule is CC(C)(C)c1ccc2c(=O)n(Cc3ccccc3C#N)ccc2c1. The molecule has 0 spiro atoms. The zero-order valence-corrected chi connectivity index (χ0v) is 14.2. The molecule has 0 amide bonds. The number of rotatable bonds is 2. The Morgan fingerprint density at radius 3 is 2.54 bits per heavy atom. The lowest BCUT2D eigenvalue weighted by molar-refractivity contribution is 0.591. The van der Waals surface area contributed by atoms with Gasteiger partial charge in [0.1, 0.15) is 0 Å². The molecule has 120 valence electrons. The van der Waals surface area contributed by atoms with E-state index in [-0.39, 0.29) is 11.0 Å². The van der Waals surface area contributed by atoms with Crippen LogP contribution in [0.1, 0.15) is 37.5 Å². The fraction of sp³-hybridized carbons (Fsp3) is 0.238. The molecule has 3 nitrogen and oxygen atoms in total. The molecule has 0 aliphatic rings. The molecule has 0 fully saturated rings. The van der Waals surface area contributed by atoms with Gasteiger partial charge in [0.15, 0.2) is 0 Å². The Labute approximate surface area is 141 Å². The van der Waals surface area contributed by atoms with Gasteiger partial charge in [-0.05, 0) is 40.1 Å². The van der Waals surface area contributed by atoms with Crippen molar-refractivity contribution < 1.29 is 0 Å². The summed E-state index contributed by atoms with van der Waals surface area (Å²) in [6, 6.07) is 17.6. The van der Waals surface area contributed by atoms with Crippen LogP contribution in [-0.4, -0.2) is 4.57 Å². The van der Waals surface area contributed by atoms with Gasteiger partial charge in [0.05, 0.1) is 18.2 Å². The number of fused-ring (bicyclic) bond motifs is 1. The topological polar surface area (TPSA) is 45.8 Å². The molecular formula is C21H20N2O. The van der Waals surface area contributed by atoms with E-state index in [1.54, 1.807) is 10.6 Å². The summed E-state index contributed by atoms with van der Waals surface area (Å²) >= 11 is 0. The average molecular weight is 316 g/mol. The Morgan fingerprint density at radius 1 is 1.08 bits per heavy atom. The van der Waals surface area contributed by atoms with E-state index in [4.69, 9.17) is 0 Å². The minimum atomic E-state index is -0.0271. The molecule has 0 aliphatic heterocycles. The van der Waals surface area contributed by atoms with E-state index in [2.05, 4.69) is 32.9 Å². The molecule has 0 unspecified atom stereocenters. The van der Waals surface area contributed by atoms with Gasteiger partial charge >= 0.3 is 0 Å². The quantitative estimate of drug-likeness (QED) is 0.710. The molecule has 2 aromatic carbocycles. The van der Waals surface area contributed by atoms with Crippen LogP contribution in [0.4, 0.5) is 0 Å². The van der Waals surface area contributed by atoms with Gasteiger partial charge in [-0.25, -0.2) is 0 Å².